The molecule has 4 rings (SSSR count). The number of para-hydroxylation sites is 2. The zero-order valence-electron chi connectivity index (χ0n) is 22.4. The number of ether oxygens (including phenoxy) is 4. The van der Waals surface area contributed by atoms with E-state index in [1.807, 2.05) is 0 Å². The third-order valence-corrected chi connectivity index (χ3v) is 6.52. The van der Waals surface area contributed by atoms with Crippen LogP contribution in [0.1, 0.15) is 29.9 Å². The largest absolute Gasteiger partial charge is 0.493 e. The highest BCUT2D eigenvalue weighted by molar-refractivity contribution is 7.92. The lowest BCUT2D eigenvalue weighted by atomic mass is 10.2. The van der Waals surface area contributed by atoms with Gasteiger partial charge in [-0.05, 0) is 56.7 Å². The minimum absolute atomic E-state index is 0.0223. The molecule has 0 bridgehead atoms. The highest BCUT2D eigenvalue weighted by atomic mass is 32.2. The topological polar surface area (TPSA) is 152 Å². The van der Waals surface area contributed by atoms with Crippen LogP contribution in [0.25, 0.3) is 11.4 Å². The molecule has 3 heterocycles. The molecule has 13 heteroatoms. The fraction of sp³-hybridized carbons (Fsp3) is 0.222. The molecule has 0 saturated heterocycles. The number of carbonyl (C=O) groups is 1. The van der Waals surface area contributed by atoms with Crippen LogP contribution in [0.2, 0.25) is 0 Å². The van der Waals surface area contributed by atoms with Crippen molar-refractivity contribution in [3.8, 4) is 34.5 Å². The first-order valence-electron chi connectivity index (χ1n) is 12.0. The highest BCUT2D eigenvalue weighted by Gasteiger charge is 2.26. The van der Waals surface area contributed by atoms with E-state index in [1.54, 1.807) is 57.2 Å². The molecule has 3 aromatic heterocycles. The van der Waals surface area contributed by atoms with Crippen molar-refractivity contribution in [2.45, 2.75) is 31.9 Å². The van der Waals surface area contributed by atoms with Crippen molar-refractivity contribution in [3.63, 3.8) is 0 Å². The number of rotatable bonds is 10. The van der Waals surface area contributed by atoms with Gasteiger partial charge in [0.05, 0.1) is 20.3 Å². The van der Waals surface area contributed by atoms with Crippen LogP contribution in [-0.4, -0.2) is 54.6 Å². The Morgan fingerprint density at radius 2 is 1.70 bits per heavy atom. The minimum Gasteiger partial charge on any atom is -0.493 e. The van der Waals surface area contributed by atoms with Gasteiger partial charge in [0, 0.05) is 18.0 Å². The molecule has 0 atom stereocenters. The number of sulfonamides is 1. The van der Waals surface area contributed by atoms with Gasteiger partial charge in [0.25, 0.3) is 15.9 Å². The summed E-state index contributed by atoms with van der Waals surface area (Å²) in [7, 11) is -1.41. The van der Waals surface area contributed by atoms with E-state index in [4.69, 9.17) is 18.9 Å². The lowest BCUT2D eigenvalue weighted by Gasteiger charge is -2.17. The average Bonchev–Trinajstić information content (AvgIpc) is 2.93. The summed E-state index contributed by atoms with van der Waals surface area (Å²) in [6.45, 7) is 5.23. The summed E-state index contributed by atoms with van der Waals surface area (Å²) in [6, 6.07) is 12.7. The van der Waals surface area contributed by atoms with Gasteiger partial charge in [-0.15, -0.1) is 0 Å². The molecule has 0 spiro atoms. The Hall–Kier alpha value is -4.78. The van der Waals surface area contributed by atoms with Gasteiger partial charge in [0.1, 0.15) is 5.69 Å². The Bertz CT molecular complexity index is 1630. The van der Waals surface area contributed by atoms with E-state index in [1.165, 1.54) is 38.7 Å². The first kappa shape index (κ1) is 28.2. The first-order chi connectivity index (χ1) is 19.1. The molecule has 0 radical (unpaired) electrons. The molecule has 0 aliphatic heterocycles. The maximum absolute atomic E-state index is 13.3. The second-order valence-electron chi connectivity index (χ2n) is 8.65. The van der Waals surface area contributed by atoms with Gasteiger partial charge in [-0.3, -0.25) is 4.72 Å². The molecule has 208 valence electrons. The van der Waals surface area contributed by atoms with E-state index in [0.717, 1.165) is 5.56 Å². The number of methoxy groups -OCH3 is 2. The summed E-state index contributed by atoms with van der Waals surface area (Å²) in [4.78, 5) is 29.4. The van der Waals surface area contributed by atoms with Crippen LogP contribution in [0, 0.1) is 6.92 Å². The standard InChI is InChI=1S/C27H27N5O7S/c1-16(2)38-27(33)19-14-18(12-13-28-19)24-30-25(32-40(34,35)22-11-10-17(3)15-29-22)23(26(31-24)37-5)39-21-9-7-6-8-20(21)36-4/h6-16H,1-5H3,(H,30,31,32). The number of pyridine rings is 2. The zero-order chi connectivity index (χ0) is 28.9. The van der Waals surface area contributed by atoms with Crippen LogP contribution in [0.5, 0.6) is 23.1 Å². The Morgan fingerprint density at radius 3 is 2.35 bits per heavy atom. The SMILES string of the molecule is COc1ccccc1Oc1c(NS(=O)(=O)c2ccc(C)cn2)nc(-c2ccnc(C(=O)OC(C)C)c2)nc1OC. The molecule has 4 aromatic rings. The Morgan fingerprint density at radius 1 is 0.950 bits per heavy atom. The smallest absolute Gasteiger partial charge is 0.357 e. The lowest BCUT2D eigenvalue weighted by Crippen LogP contribution is -2.17. The molecule has 1 aromatic carbocycles. The number of hydrogen-bond donors (Lipinski definition) is 1. The van der Waals surface area contributed by atoms with Crippen LogP contribution in [0.15, 0.2) is 66.0 Å². The van der Waals surface area contributed by atoms with Crippen LogP contribution < -0.4 is 18.9 Å². The summed E-state index contributed by atoms with van der Waals surface area (Å²) in [6.07, 6.45) is 2.47. The van der Waals surface area contributed by atoms with Crippen molar-refractivity contribution in [2.24, 2.45) is 0 Å². The molecular weight excluding hydrogens is 538 g/mol. The second kappa shape index (κ2) is 11.9. The quantitative estimate of drug-likeness (QED) is 0.272. The molecule has 0 aliphatic rings. The number of esters is 1. The summed E-state index contributed by atoms with van der Waals surface area (Å²) in [5, 5.41) is -0.233. The monoisotopic (exact) mass is 565 g/mol. The van der Waals surface area contributed by atoms with Gasteiger partial charge in [0.2, 0.25) is 5.75 Å². The normalized spacial score (nSPS) is 11.2. The zero-order valence-corrected chi connectivity index (χ0v) is 23.2. The average molecular weight is 566 g/mol. The number of aryl methyl sites for hydroxylation is 1. The van der Waals surface area contributed by atoms with Crippen molar-refractivity contribution in [2.75, 3.05) is 18.9 Å². The molecule has 1 N–H and O–H groups in total. The lowest BCUT2D eigenvalue weighted by molar-refractivity contribution is 0.0371. The van der Waals surface area contributed by atoms with E-state index in [-0.39, 0.29) is 45.8 Å². The summed E-state index contributed by atoms with van der Waals surface area (Å²) in [5.41, 5.74) is 1.16. The van der Waals surface area contributed by atoms with Crippen molar-refractivity contribution in [1.82, 2.24) is 19.9 Å². The molecule has 0 aliphatic carbocycles. The van der Waals surface area contributed by atoms with E-state index in [9.17, 15) is 13.2 Å². The number of nitrogens with zero attached hydrogens (tertiary/aromatic N) is 4. The van der Waals surface area contributed by atoms with Crippen LogP contribution in [0.4, 0.5) is 5.82 Å². The number of anilines is 1. The first-order valence-corrected chi connectivity index (χ1v) is 13.5. The van der Waals surface area contributed by atoms with Gasteiger partial charge in [-0.25, -0.2) is 19.7 Å². The van der Waals surface area contributed by atoms with Crippen LogP contribution in [0.3, 0.4) is 0 Å². The van der Waals surface area contributed by atoms with Gasteiger partial charge >= 0.3 is 5.97 Å². The number of carbonyl (C=O) groups excluding carboxylic acids is 1. The predicted octanol–water partition coefficient (Wildman–Crippen LogP) is 4.42. The van der Waals surface area contributed by atoms with Crippen molar-refractivity contribution < 1.29 is 32.2 Å². The summed E-state index contributed by atoms with van der Waals surface area (Å²) in [5.74, 6) is -0.417. The molecule has 0 unspecified atom stereocenters. The number of hydrogen-bond acceptors (Lipinski definition) is 11. The molecule has 0 saturated carbocycles. The van der Waals surface area contributed by atoms with E-state index in [2.05, 4.69) is 24.7 Å². The Labute approximate surface area is 231 Å². The fourth-order valence-corrected chi connectivity index (χ4v) is 4.36. The maximum Gasteiger partial charge on any atom is 0.357 e. The van der Waals surface area contributed by atoms with Crippen molar-refractivity contribution in [1.29, 1.82) is 0 Å². The number of aromatic nitrogens is 4. The Balaban J connectivity index is 1.85. The fourth-order valence-electron chi connectivity index (χ4n) is 3.42. The van der Waals surface area contributed by atoms with E-state index < -0.39 is 16.0 Å². The van der Waals surface area contributed by atoms with Gasteiger partial charge < -0.3 is 18.9 Å². The molecule has 0 amide bonds. The number of benzene rings is 1. The third kappa shape index (κ3) is 6.43. The van der Waals surface area contributed by atoms with Gasteiger partial charge in [-0.1, -0.05) is 18.2 Å². The third-order valence-electron chi connectivity index (χ3n) is 5.27. The summed E-state index contributed by atoms with van der Waals surface area (Å²) >= 11 is 0. The van der Waals surface area contributed by atoms with Crippen LogP contribution >= 0.6 is 0 Å². The predicted molar refractivity (Wildman–Crippen MR) is 145 cm³/mol. The second-order valence-corrected chi connectivity index (χ2v) is 10.3. The highest BCUT2D eigenvalue weighted by Crippen LogP contribution is 2.41. The van der Waals surface area contributed by atoms with E-state index >= 15 is 0 Å². The number of nitrogens with one attached hydrogen (secondary N) is 1. The van der Waals surface area contributed by atoms with E-state index in [0.29, 0.717) is 11.3 Å². The molecule has 40 heavy (non-hydrogen) atoms. The molecule has 12 nitrogen and oxygen atoms in total. The maximum atomic E-state index is 13.3. The van der Waals surface area contributed by atoms with Gasteiger partial charge in [-0.2, -0.15) is 13.4 Å². The minimum atomic E-state index is -4.22. The summed E-state index contributed by atoms with van der Waals surface area (Å²) < 4.78 is 51.2. The van der Waals surface area contributed by atoms with Gasteiger partial charge in [0.15, 0.2) is 28.2 Å². The molecule has 0 fully saturated rings. The Kier molecular flexibility index (Phi) is 8.43. The van der Waals surface area contributed by atoms with Crippen molar-refractivity contribution >= 4 is 21.8 Å². The molecular formula is C27H27N5O7S. The van der Waals surface area contributed by atoms with Crippen LogP contribution in [-0.2, 0) is 14.8 Å². The van der Waals surface area contributed by atoms with Crippen molar-refractivity contribution in [3.05, 3.63) is 72.2 Å².